The van der Waals surface area contributed by atoms with Gasteiger partial charge in [0.25, 0.3) is 0 Å². The van der Waals surface area contributed by atoms with Crippen molar-refractivity contribution in [1.82, 2.24) is 20.2 Å². The van der Waals surface area contributed by atoms with Crippen molar-refractivity contribution in [3.05, 3.63) is 40.1 Å². The van der Waals surface area contributed by atoms with Gasteiger partial charge in [-0.25, -0.2) is 4.68 Å². The highest BCUT2D eigenvalue weighted by atomic mass is 79.9. The van der Waals surface area contributed by atoms with Gasteiger partial charge < -0.3 is 0 Å². The normalized spacial score (nSPS) is 19.1. The van der Waals surface area contributed by atoms with Crippen molar-refractivity contribution in [3.8, 4) is 0 Å². The van der Waals surface area contributed by atoms with Gasteiger partial charge in [0.2, 0.25) is 0 Å². The molecule has 76 valence electrons. The molecule has 0 aliphatic heterocycles. The summed E-state index contributed by atoms with van der Waals surface area (Å²) in [5.41, 5.74) is 2.73. The number of aryl methyl sites for hydroxylation is 1. The second kappa shape index (κ2) is 3.41. The lowest BCUT2D eigenvalue weighted by atomic mass is 10.1. The van der Waals surface area contributed by atoms with Gasteiger partial charge in [-0.2, -0.15) is 0 Å². The maximum absolute atomic E-state index is 3.97. The zero-order valence-corrected chi connectivity index (χ0v) is 9.55. The van der Waals surface area contributed by atoms with Crippen LogP contribution in [-0.4, -0.2) is 20.2 Å². The largest absolute Gasteiger partial charge is 0.225 e. The molecule has 0 spiro atoms. The van der Waals surface area contributed by atoms with Gasteiger partial charge in [0.1, 0.15) is 6.33 Å². The Kier molecular flexibility index (Phi) is 2.05. The van der Waals surface area contributed by atoms with E-state index in [0.717, 1.165) is 17.3 Å². The van der Waals surface area contributed by atoms with E-state index in [9.17, 15) is 0 Å². The van der Waals surface area contributed by atoms with E-state index >= 15 is 0 Å². The highest BCUT2D eigenvalue weighted by Gasteiger charge is 2.24. The fraction of sp³-hybridized carbons (Fsp3) is 0.300. The van der Waals surface area contributed by atoms with Crippen molar-refractivity contribution in [2.45, 2.75) is 18.9 Å². The Morgan fingerprint density at radius 1 is 1.40 bits per heavy atom. The predicted molar refractivity (Wildman–Crippen MR) is 58.4 cm³/mol. The van der Waals surface area contributed by atoms with Crippen LogP contribution in [0.25, 0.3) is 0 Å². The van der Waals surface area contributed by atoms with E-state index in [4.69, 9.17) is 0 Å². The molecule has 1 aromatic carbocycles. The molecule has 0 saturated carbocycles. The molecule has 0 radical (unpaired) electrons. The molecule has 0 fully saturated rings. The molecule has 4 nitrogen and oxygen atoms in total. The molecule has 1 heterocycles. The summed E-state index contributed by atoms with van der Waals surface area (Å²) in [6.45, 7) is 0. The van der Waals surface area contributed by atoms with Crippen LogP contribution in [-0.2, 0) is 6.42 Å². The zero-order valence-electron chi connectivity index (χ0n) is 7.97. The Bertz CT molecular complexity index is 480. The number of rotatable bonds is 1. The molecule has 1 unspecified atom stereocenters. The fourth-order valence-electron chi connectivity index (χ4n) is 2.14. The van der Waals surface area contributed by atoms with Gasteiger partial charge in [-0.05, 0) is 46.5 Å². The second-order valence-corrected chi connectivity index (χ2v) is 4.60. The van der Waals surface area contributed by atoms with E-state index in [1.54, 1.807) is 6.33 Å². The number of hydrogen-bond acceptors (Lipinski definition) is 3. The van der Waals surface area contributed by atoms with Gasteiger partial charge >= 0.3 is 0 Å². The standard InChI is InChI=1S/C10H9BrN4/c11-8-3-1-7-2-4-10(9(7)5-8)15-6-12-13-14-15/h1,3,5-6,10H,2,4H2. The zero-order chi connectivity index (χ0) is 10.3. The maximum atomic E-state index is 3.97. The van der Waals surface area contributed by atoms with Gasteiger partial charge in [-0.1, -0.05) is 22.0 Å². The molecular weight excluding hydrogens is 256 g/mol. The Labute approximate surface area is 95.4 Å². The first-order valence-electron chi connectivity index (χ1n) is 4.85. The summed E-state index contributed by atoms with van der Waals surface area (Å²) in [4.78, 5) is 0. The average Bonchev–Trinajstić information content (AvgIpc) is 2.83. The molecule has 1 aliphatic carbocycles. The lowest BCUT2D eigenvalue weighted by Gasteiger charge is -2.10. The molecule has 1 aromatic heterocycles. The van der Waals surface area contributed by atoms with E-state index in [1.807, 2.05) is 4.68 Å². The predicted octanol–water partition coefficient (Wildman–Crippen LogP) is 1.97. The van der Waals surface area contributed by atoms with Crippen molar-refractivity contribution >= 4 is 15.9 Å². The third-order valence-corrected chi connectivity index (χ3v) is 3.33. The van der Waals surface area contributed by atoms with Crippen molar-refractivity contribution in [1.29, 1.82) is 0 Å². The first kappa shape index (κ1) is 9.03. The van der Waals surface area contributed by atoms with E-state index in [-0.39, 0.29) is 0 Å². The van der Waals surface area contributed by atoms with Crippen LogP contribution >= 0.6 is 15.9 Å². The van der Waals surface area contributed by atoms with Crippen LogP contribution < -0.4 is 0 Å². The lowest BCUT2D eigenvalue weighted by Crippen LogP contribution is -2.08. The Balaban J connectivity index is 2.08. The minimum Gasteiger partial charge on any atom is -0.225 e. The van der Waals surface area contributed by atoms with Crippen LogP contribution in [0.2, 0.25) is 0 Å². The van der Waals surface area contributed by atoms with Gasteiger partial charge in [0.05, 0.1) is 6.04 Å². The van der Waals surface area contributed by atoms with E-state index in [2.05, 4.69) is 49.7 Å². The SMILES string of the molecule is Brc1ccc2c(c1)C(n1cnnn1)CC2. The summed E-state index contributed by atoms with van der Waals surface area (Å²) in [7, 11) is 0. The van der Waals surface area contributed by atoms with Crippen molar-refractivity contribution in [3.63, 3.8) is 0 Å². The van der Waals surface area contributed by atoms with Gasteiger partial charge in [-0.15, -0.1) is 5.10 Å². The topological polar surface area (TPSA) is 43.6 Å². The van der Waals surface area contributed by atoms with Crippen LogP contribution in [0, 0.1) is 0 Å². The minimum atomic E-state index is 0.299. The number of halogens is 1. The van der Waals surface area contributed by atoms with Gasteiger partial charge in [0.15, 0.2) is 0 Å². The van der Waals surface area contributed by atoms with Gasteiger partial charge in [-0.3, -0.25) is 0 Å². The van der Waals surface area contributed by atoms with Crippen molar-refractivity contribution < 1.29 is 0 Å². The molecular formula is C10H9BrN4. The molecule has 0 bridgehead atoms. The molecule has 1 atom stereocenters. The summed E-state index contributed by atoms with van der Waals surface area (Å²) in [6.07, 6.45) is 3.87. The van der Waals surface area contributed by atoms with Crippen LogP contribution in [0.4, 0.5) is 0 Å². The number of aromatic nitrogens is 4. The average molecular weight is 265 g/mol. The quantitative estimate of drug-likeness (QED) is 0.791. The third kappa shape index (κ3) is 1.47. The van der Waals surface area contributed by atoms with Crippen LogP contribution in [0.3, 0.4) is 0 Å². The summed E-state index contributed by atoms with van der Waals surface area (Å²) in [5.74, 6) is 0. The molecule has 15 heavy (non-hydrogen) atoms. The van der Waals surface area contributed by atoms with E-state index in [0.29, 0.717) is 6.04 Å². The summed E-state index contributed by atoms with van der Waals surface area (Å²) in [6, 6.07) is 6.71. The number of nitrogens with zero attached hydrogens (tertiary/aromatic N) is 4. The highest BCUT2D eigenvalue weighted by molar-refractivity contribution is 9.10. The maximum Gasteiger partial charge on any atom is 0.138 e. The fourth-order valence-corrected chi connectivity index (χ4v) is 2.52. The number of tetrazole rings is 1. The van der Waals surface area contributed by atoms with E-state index < -0.39 is 0 Å². The molecule has 0 N–H and O–H groups in total. The van der Waals surface area contributed by atoms with Crippen LogP contribution in [0.5, 0.6) is 0 Å². The molecule has 3 rings (SSSR count). The number of benzene rings is 1. The summed E-state index contributed by atoms with van der Waals surface area (Å²) in [5, 5.41) is 11.3. The monoisotopic (exact) mass is 264 g/mol. The summed E-state index contributed by atoms with van der Waals surface area (Å²) >= 11 is 3.49. The van der Waals surface area contributed by atoms with Gasteiger partial charge in [0, 0.05) is 4.47 Å². The lowest BCUT2D eigenvalue weighted by molar-refractivity contribution is 0.503. The molecule has 0 amide bonds. The summed E-state index contributed by atoms with van der Waals surface area (Å²) < 4.78 is 2.94. The Morgan fingerprint density at radius 3 is 3.13 bits per heavy atom. The first-order chi connectivity index (χ1) is 7.34. The molecule has 1 aliphatic rings. The van der Waals surface area contributed by atoms with Crippen molar-refractivity contribution in [2.24, 2.45) is 0 Å². The third-order valence-electron chi connectivity index (χ3n) is 2.84. The first-order valence-corrected chi connectivity index (χ1v) is 5.65. The smallest absolute Gasteiger partial charge is 0.138 e. The van der Waals surface area contributed by atoms with Crippen molar-refractivity contribution in [2.75, 3.05) is 0 Å². The van der Waals surface area contributed by atoms with Crippen LogP contribution in [0.15, 0.2) is 29.0 Å². The second-order valence-electron chi connectivity index (χ2n) is 3.69. The highest BCUT2D eigenvalue weighted by Crippen LogP contribution is 2.34. The Hall–Kier alpha value is -1.23. The molecule has 0 saturated heterocycles. The number of fused-ring (bicyclic) bond motifs is 1. The van der Waals surface area contributed by atoms with Crippen LogP contribution in [0.1, 0.15) is 23.6 Å². The molecule has 2 aromatic rings. The Morgan fingerprint density at radius 2 is 2.33 bits per heavy atom. The minimum absolute atomic E-state index is 0.299. The molecule has 5 heteroatoms. The van der Waals surface area contributed by atoms with E-state index in [1.165, 1.54) is 11.1 Å². The number of hydrogen-bond donors (Lipinski definition) is 0.